The zero-order valence-electron chi connectivity index (χ0n) is 16.1. The Morgan fingerprint density at radius 1 is 1.13 bits per heavy atom. The molecule has 0 saturated heterocycles. The van der Waals surface area contributed by atoms with Crippen LogP contribution in [0.15, 0.2) is 62.6 Å². The minimum atomic E-state index is -3.89. The molecular weight excluding hydrogens is 434 g/mol. The second kappa shape index (κ2) is 8.86. The monoisotopic (exact) mass is 451 g/mol. The number of ether oxygens (including phenoxy) is 2. The molecule has 0 amide bonds. The van der Waals surface area contributed by atoms with E-state index in [-0.39, 0.29) is 17.1 Å². The molecule has 0 saturated carbocycles. The number of esters is 1. The molecule has 0 aliphatic carbocycles. The van der Waals surface area contributed by atoms with Crippen molar-refractivity contribution in [3.05, 3.63) is 69.5 Å². The van der Waals surface area contributed by atoms with E-state index in [1.807, 2.05) is 0 Å². The van der Waals surface area contributed by atoms with Crippen molar-refractivity contribution in [3.8, 4) is 5.75 Å². The first-order chi connectivity index (χ1) is 14.2. The fraction of sp³-hybridized carbons (Fsp3) is 0.200. The summed E-state index contributed by atoms with van der Waals surface area (Å²) >= 11 is 5.78. The lowest BCUT2D eigenvalue weighted by molar-refractivity contribution is -0.144. The molecule has 158 valence electrons. The first-order valence-electron chi connectivity index (χ1n) is 8.69. The quantitative estimate of drug-likeness (QED) is 0.402. The predicted molar refractivity (Wildman–Crippen MR) is 110 cm³/mol. The Morgan fingerprint density at radius 3 is 2.50 bits per heavy atom. The Kier molecular flexibility index (Phi) is 6.45. The minimum absolute atomic E-state index is 0.00260. The lowest BCUT2D eigenvalue weighted by Crippen LogP contribution is -2.33. The van der Waals surface area contributed by atoms with Gasteiger partial charge in [0.25, 0.3) is 0 Å². The molecule has 0 aliphatic rings. The number of sulfonamides is 1. The molecule has 0 unspecified atom stereocenters. The summed E-state index contributed by atoms with van der Waals surface area (Å²) in [6.45, 7) is -0.722. The Morgan fingerprint density at radius 2 is 1.83 bits per heavy atom. The largest absolute Gasteiger partial charge is 0.497 e. The number of hydrogen-bond donors (Lipinski definition) is 0. The number of halogens is 1. The first-order valence-corrected chi connectivity index (χ1v) is 10.5. The molecule has 30 heavy (non-hydrogen) atoms. The molecule has 0 aliphatic heterocycles. The topological polar surface area (TPSA) is 103 Å². The normalized spacial score (nSPS) is 11.6. The number of methoxy groups -OCH3 is 1. The number of likely N-dealkylation sites (N-methyl/N-ethyl adjacent to an activating group) is 1. The highest BCUT2D eigenvalue weighted by molar-refractivity contribution is 7.89. The second-order valence-corrected chi connectivity index (χ2v) is 8.81. The molecule has 2 aromatic carbocycles. The Labute approximate surface area is 177 Å². The van der Waals surface area contributed by atoms with E-state index in [9.17, 15) is 18.0 Å². The third-order valence-electron chi connectivity index (χ3n) is 4.30. The van der Waals surface area contributed by atoms with E-state index in [0.717, 1.165) is 4.31 Å². The third-order valence-corrected chi connectivity index (χ3v) is 6.37. The van der Waals surface area contributed by atoms with Crippen LogP contribution in [-0.2, 0) is 26.2 Å². The van der Waals surface area contributed by atoms with Crippen LogP contribution in [0, 0.1) is 0 Å². The van der Waals surface area contributed by atoms with Crippen molar-refractivity contribution >= 4 is 38.6 Å². The van der Waals surface area contributed by atoms with Gasteiger partial charge < -0.3 is 13.9 Å². The van der Waals surface area contributed by atoms with Crippen molar-refractivity contribution in [1.29, 1.82) is 0 Å². The van der Waals surface area contributed by atoms with E-state index in [1.54, 1.807) is 18.2 Å². The van der Waals surface area contributed by atoms with E-state index in [1.165, 1.54) is 44.5 Å². The Hall–Kier alpha value is -2.88. The molecule has 3 rings (SSSR count). The molecule has 0 radical (unpaired) electrons. The number of nitrogens with zero attached hydrogens (tertiary/aromatic N) is 1. The summed E-state index contributed by atoms with van der Waals surface area (Å²) in [5.41, 5.74) is 0.111. The van der Waals surface area contributed by atoms with Gasteiger partial charge in [-0.2, -0.15) is 4.31 Å². The molecule has 0 atom stereocenters. The van der Waals surface area contributed by atoms with Crippen molar-refractivity contribution in [2.45, 2.75) is 11.5 Å². The Bertz CT molecular complexity index is 1240. The fourth-order valence-electron chi connectivity index (χ4n) is 2.71. The van der Waals surface area contributed by atoms with Gasteiger partial charge in [-0.15, -0.1) is 0 Å². The molecule has 1 heterocycles. The van der Waals surface area contributed by atoms with Gasteiger partial charge in [-0.3, -0.25) is 4.79 Å². The van der Waals surface area contributed by atoms with Gasteiger partial charge in [0.2, 0.25) is 10.0 Å². The van der Waals surface area contributed by atoms with Crippen LogP contribution in [0.3, 0.4) is 0 Å². The number of carbonyl (C=O) groups is 1. The van der Waals surface area contributed by atoms with Gasteiger partial charge in [0.15, 0.2) is 0 Å². The van der Waals surface area contributed by atoms with Gasteiger partial charge in [-0.25, -0.2) is 13.2 Å². The number of hydrogen-bond acceptors (Lipinski definition) is 7. The predicted octanol–water partition coefficient (Wildman–Crippen LogP) is 2.82. The van der Waals surface area contributed by atoms with Crippen LogP contribution >= 0.6 is 11.6 Å². The van der Waals surface area contributed by atoms with Gasteiger partial charge in [0.05, 0.1) is 12.0 Å². The molecule has 0 N–H and O–H groups in total. The van der Waals surface area contributed by atoms with Crippen LogP contribution in [0.4, 0.5) is 0 Å². The number of rotatable bonds is 7. The van der Waals surface area contributed by atoms with Gasteiger partial charge in [-0.05, 0) is 36.4 Å². The van der Waals surface area contributed by atoms with Gasteiger partial charge in [0.1, 0.15) is 24.5 Å². The van der Waals surface area contributed by atoms with Crippen molar-refractivity contribution in [2.75, 3.05) is 20.7 Å². The molecule has 0 spiro atoms. The van der Waals surface area contributed by atoms with Crippen molar-refractivity contribution in [2.24, 2.45) is 0 Å². The molecule has 8 nitrogen and oxygen atoms in total. The molecule has 0 fully saturated rings. The van der Waals surface area contributed by atoms with Crippen LogP contribution in [0.1, 0.15) is 5.56 Å². The van der Waals surface area contributed by atoms with Crippen LogP contribution in [0.5, 0.6) is 5.75 Å². The zero-order chi connectivity index (χ0) is 21.9. The lowest BCUT2D eigenvalue weighted by Gasteiger charge is -2.16. The van der Waals surface area contributed by atoms with E-state index < -0.39 is 28.2 Å². The summed E-state index contributed by atoms with van der Waals surface area (Å²) in [4.78, 5) is 24.0. The first kappa shape index (κ1) is 21.8. The summed E-state index contributed by atoms with van der Waals surface area (Å²) in [6, 6.07) is 11.7. The minimum Gasteiger partial charge on any atom is -0.497 e. The maximum atomic E-state index is 12.5. The SMILES string of the molecule is COc1ccc2c(COC(=O)CN(C)S(=O)(=O)c3ccc(Cl)cc3)cc(=O)oc2c1. The smallest absolute Gasteiger partial charge is 0.336 e. The molecule has 10 heteroatoms. The molecule has 1 aromatic heterocycles. The summed E-state index contributed by atoms with van der Waals surface area (Å²) in [7, 11) is -1.13. The molecule has 0 bridgehead atoms. The van der Waals surface area contributed by atoms with Crippen molar-refractivity contribution < 1.29 is 27.1 Å². The third kappa shape index (κ3) is 4.81. The number of fused-ring (bicyclic) bond motifs is 1. The standard InChI is InChI=1S/C20H18ClNO7S/c1-22(30(25,26)16-6-3-14(21)4-7-16)11-20(24)28-12-13-9-19(23)29-18-10-15(27-2)5-8-17(13)18/h3-10H,11-12H2,1-2H3. The van der Waals surface area contributed by atoms with Crippen LogP contribution in [0.25, 0.3) is 11.0 Å². The zero-order valence-corrected chi connectivity index (χ0v) is 17.7. The highest BCUT2D eigenvalue weighted by Gasteiger charge is 2.23. The van der Waals surface area contributed by atoms with Crippen LogP contribution < -0.4 is 10.4 Å². The van der Waals surface area contributed by atoms with E-state index in [4.69, 9.17) is 25.5 Å². The van der Waals surface area contributed by atoms with E-state index in [0.29, 0.717) is 21.7 Å². The average Bonchev–Trinajstić information content (AvgIpc) is 2.71. The van der Waals surface area contributed by atoms with Gasteiger partial charge in [-0.1, -0.05) is 11.6 Å². The fourth-order valence-corrected chi connectivity index (χ4v) is 3.96. The lowest BCUT2D eigenvalue weighted by atomic mass is 10.1. The number of carbonyl (C=O) groups excluding carboxylic acids is 1. The van der Waals surface area contributed by atoms with E-state index >= 15 is 0 Å². The second-order valence-electron chi connectivity index (χ2n) is 6.33. The Balaban J connectivity index is 1.71. The van der Waals surface area contributed by atoms with Gasteiger partial charge >= 0.3 is 11.6 Å². The van der Waals surface area contributed by atoms with Crippen molar-refractivity contribution in [1.82, 2.24) is 4.31 Å². The highest BCUT2D eigenvalue weighted by Crippen LogP contribution is 2.23. The van der Waals surface area contributed by atoms with E-state index in [2.05, 4.69) is 0 Å². The molecule has 3 aromatic rings. The summed E-state index contributed by atoms with van der Waals surface area (Å²) in [5.74, 6) is -0.265. The number of benzene rings is 2. The summed E-state index contributed by atoms with van der Waals surface area (Å²) < 4.78 is 41.4. The highest BCUT2D eigenvalue weighted by atomic mass is 35.5. The van der Waals surface area contributed by atoms with Crippen molar-refractivity contribution in [3.63, 3.8) is 0 Å². The van der Waals surface area contributed by atoms with Gasteiger partial charge in [0, 0.05) is 35.2 Å². The molecular formula is C20H18ClNO7S. The maximum Gasteiger partial charge on any atom is 0.336 e. The van der Waals surface area contributed by atoms with Crippen LogP contribution in [-0.4, -0.2) is 39.4 Å². The maximum absolute atomic E-state index is 12.5. The average molecular weight is 452 g/mol. The summed E-state index contributed by atoms with van der Waals surface area (Å²) in [6.07, 6.45) is 0. The van der Waals surface area contributed by atoms with Crippen LogP contribution in [0.2, 0.25) is 5.02 Å². The summed E-state index contributed by atoms with van der Waals surface area (Å²) in [5, 5.41) is 0.971.